The summed E-state index contributed by atoms with van der Waals surface area (Å²) in [5, 5.41) is 35.0. The van der Waals surface area contributed by atoms with E-state index in [-0.39, 0.29) is 129 Å². The van der Waals surface area contributed by atoms with Crippen LogP contribution in [0.25, 0.3) is 0 Å². The first-order chi connectivity index (χ1) is 57.3. The van der Waals surface area contributed by atoms with Gasteiger partial charge in [0.25, 0.3) is 0 Å². The number of amides is 1. The lowest BCUT2D eigenvalue weighted by molar-refractivity contribution is -0.141. The molecule has 126 heavy (non-hydrogen) atoms. The Morgan fingerprint density at radius 2 is 0.770 bits per heavy atom. The summed E-state index contributed by atoms with van der Waals surface area (Å²) in [5.74, 6) is -1.76. The third-order valence-electron chi connectivity index (χ3n) is 14.6. The van der Waals surface area contributed by atoms with Crippen LogP contribution in [0.15, 0.2) is 24.3 Å². The van der Waals surface area contributed by atoms with Crippen molar-refractivity contribution >= 4 is 53.0 Å². The van der Waals surface area contributed by atoms with E-state index < -0.39 is 18.0 Å². The third-order valence-corrected chi connectivity index (χ3v) is 14.6. The molecule has 6 N–H and O–H groups in total. The first-order valence-corrected chi connectivity index (χ1v) is 44.9. The molecule has 0 unspecified atom stereocenters. The first-order valence-electron chi connectivity index (χ1n) is 44.9. The molecule has 1 fully saturated rings. The molecule has 1 amide bonds. The zero-order valence-corrected chi connectivity index (χ0v) is 88.6. The Morgan fingerprint density at radius 3 is 1.10 bits per heavy atom. The molecule has 1 aliphatic heterocycles. The number of aliphatic hydroxyl groups is 1. The average Bonchev–Trinajstić information content (AvgIpc) is 0.874. The van der Waals surface area contributed by atoms with Gasteiger partial charge in [0.15, 0.2) is 17.7 Å². The zero-order valence-electron chi connectivity index (χ0n) is 88.6. The molecular formula is C99H199N5O22. The van der Waals surface area contributed by atoms with Crippen molar-refractivity contribution in [1.29, 1.82) is 0 Å². The van der Waals surface area contributed by atoms with Crippen molar-refractivity contribution in [2.24, 2.45) is 48.7 Å². The topological polar surface area (TPSA) is 349 Å². The largest absolute Gasteiger partial charge is 0.481 e. The molecule has 0 saturated carbocycles. The molecule has 0 bridgehead atoms. The highest BCUT2D eigenvalue weighted by Crippen LogP contribution is 2.26. The second kappa shape index (κ2) is 82.0. The number of benzene rings is 1. The number of methoxy groups -OCH3 is 3. The van der Waals surface area contributed by atoms with Crippen molar-refractivity contribution in [3.05, 3.63) is 35.4 Å². The van der Waals surface area contributed by atoms with E-state index in [2.05, 4.69) is 153 Å². The molecule has 27 nitrogen and oxygen atoms in total. The lowest BCUT2D eigenvalue weighted by Gasteiger charge is -2.32. The number of aldehydes is 1. The number of carbonyl (C=O) groups is 9. The predicted octanol–water partition coefficient (Wildman–Crippen LogP) is 17.1. The van der Waals surface area contributed by atoms with E-state index >= 15 is 0 Å². The van der Waals surface area contributed by atoms with Crippen molar-refractivity contribution in [3.63, 3.8) is 0 Å². The third kappa shape index (κ3) is 142. The summed E-state index contributed by atoms with van der Waals surface area (Å²) in [6.07, 6.45) is 5.45. The Hall–Kier alpha value is -4.95. The van der Waals surface area contributed by atoms with Crippen LogP contribution in [-0.4, -0.2) is 286 Å². The minimum absolute atomic E-state index is 0.0148. The fourth-order valence-electron chi connectivity index (χ4n) is 9.58. The molecule has 0 aliphatic carbocycles. The number of rotatable bonds is 40. The Balaban J connectivity index is -0.000000150. The van der Waals surface area contributed by atoms with Crippen LogP contribution in [-0.2, 0) is 103 Å². The maximum atomic E-state index is 11.6. The lowest BCUT2D eigenvalue weighted by Crippen LogP contribution is -2.47. The number of carboxylic acids is 2. The number of carbonyl (C=O) groups excluding carboxylic acids is 7. The van der Waals surface area contributed by atoms with Crippen LogP contribution in [0, 0.1) is 48.7 Å². The molecule has 1 saturated heterocycles. The maximum absolute atomic E-state index is 11.6. The van der Waals surface area contributed by atoms with E-state index in [1.54, 1.807) is 35.5 Å². The molecule has 1 aromatic rings. The minimum atomic E-state index is -1.45. The van der Waals surface area contributed by atoms with Crippen LogP contribution >= 0.6 is 0 Å². The van der Waals surface area contributed by atoms with Gasteiger partial charge in [0.1, 0.15) is 37.0 Å². The normalized spacial score (nSPS) is 12.4. The number of hydrogen-bond acceptors (Lipinski definition) is 24. The van der Waals surface area contributed by atoms with E-state index in [0.717, 1.165) is 77.4 Å². The molecule has 0 aromatic heterocycles. The highest BCUT2D eigenvalue weighted by atomic mass is 16.7. The van der Waals surface area contributed by atoms with Crippen LogP contribution < -0.4 is 16.0 Å². The smallest absolute Gasteiger partial charge is 0.317 e. The summed E-state index contributed by atoms with van der Waals surface area (Å²) in [4.78, 5) is 104. The second-order valence-corrected chi connectivity index (χ2v) is 42.9. The molecule has 0 atom stereocenters. The predicted molar refractivity (Wildman–Crippen MR) is 518 cm³/mol. The van der Waals surface area contributed by atoms with Gasteiger partial charge in [0.05, 0.1) is 91.1 Å². The standard InChI is InChI=1S/C15H29NO2.C14H30O3.C13H24O3.C13H24O2.C12H26O2.C10H12O2.C8H16N2O2.C6H12O4.2C2H7N.2C2H6O/c1-14(2,3)10-12(17)8-7-9-16-13(18)11-15(4,5)6;1-13(2,3)11-16-9-7-15-8-10-17-12-14(4,5)6;1-12(2,3)7-9(14)11(16)10(15)8-13(4,5)6;1-12(2,3)8-10(14)7-11(15)9-13(4,5)6;1-11(2,3)7-8-13-9-10-14-12(4,5)6;1-2-8-3-5-9(6-4-8)7-10(11)12;1-2-9-3-5-10(6-4-9)7-8(11)12;1-8-6-10-5-4-9-3-2-7;4*1-3-2/h7-11H2,1-6H3,(H,16,18);7-12H2,1-6H3;11,16H,7-8H2,1-6H3;7-9H2,1-6H3;7-10H2,1-6H3;3-6H,2,7H2,1H3,(H,11,12);2-7H2,1H3,(H,11,12);2H,3-6H2,1H3;2*3H,1-2H3;2*1-2H3. The molecule has 1 aromatic carbocycles. The number of piperazine rings is 1. The number of carboxylic acid groups (broad SMARTS) is 2. The number of likely N-dealkylation sites (N-methyl/N-ethyl adjacent to an activating group) is 1. The fourth-order valence-corrected chi connectivity index (χ4v) is 9.58. The van der Waals surface area contributed by atoms with Gasteiger partial charge in [-0.1, -0.05) is 225 Å². The van der Waals surface area contributed by atoms with E-state index in [4.69, 9.17) is 43.4 Å². The van der Waals surface area contributed by atoms with Gasteiger partial charge in [0.2, 0.25) is 5.91 Å². The Bertz CT molecular complexity index is 2630. The second-order valence-electron chi connectivity index (χ2n) is 42.9. The van der Waals surface area contributed by atoms with Crippen molar-refractivity contribution in [2.45, 2.75) is 310 Å². The molecule has 0 spiro atoms. The number of aryl methyl sites for hydroxylation is 1. The van der Waals surface area contributed by atoms with Crippen molar-refractivity contribution in [2.75, 3.05) is 196 Å². The number of ether oxygens (including phenoxy) is 10. The minimum Gasteiger partial charge on any atom is -0.481 e. The number of hydrogen-bond donors (Lipinski definition) is 6. The van der Waals surface area contributed by atoms with E-state index in [1.807, 2.05) is 161 Å². The lowest BCUT2D eigenvalue weighted by atomic mass is 9.84. The Morgan fingerprint density at radius 1 is 0.429 bits per heavy atom. The quantitative estimate of drug-likeness (QED) is 0.0154. The van der Waals surface area contributed by atoms with Gasteiger partial charge in [-0.15, -0.1) is 0 Å². The van der Waals surface area contributed by atoms with Gasteiger partial charge in [-0.3, -0.25) is 43.3 Å². The molecule has 1 heterocycles. The summed E-state index contributed by atoms with van der Waals surface area (Å²) < 4.78 is 50.2. The van der Waals surface area contributed by atoms with Crippen molar-refractivity contribution in [1.82, 2.24) is 25.8 Å². The zero-order chi connectivity index (χ0) is 101. The van der Waals surface area contributed by atoms with Gasteiger partial charge < -0.3 is 88.3 Å². The summed E-state index contributed by atoms with van der Waals surface area (Å²) >= 11 is 0. The number of nitrogens with zero attached hydrogens (tertiary/aromatic N) is 2. The highest BCUT2D eigenvalue weighted by Gasteiger charge is 2.30. The van der Waals surface area contributed by atoms with Crippen LogP contribution in [0.4, 0.5) is 0 Å². The molecule has 27 heteroatoms. The first kappa shape index (κ1) is 141. The molecular weight excluding hydrogens is 1610 g/mol. The summed E-state index contributed by atoms with van der Waals surface area (Å²) in [7, 11) is 15.5. The monoisotopic (exact) mass is 1810 g/mol. The van der Waals surface area contributed by atoms with E-state index in [1.165, 1.54) is 5.56 Å². The van der Waals surface area contributed by atoms with Crippen molar-refractivity contribution < 1.29 is 106 Å². The summed E-state index contributed by atoms with van der Waals surface area (Å²) in [6.45, 7) is 79.2. The average molecular weight is 1810 g/mol. The van der Waals surface area contributed by atoms with Gasteiger partial charge in [-0.25, -0.2) is 0 Å². The number of aliphatic carboxylic acids is 2. The van der Waals surface area contributed by atoms with E-state index in [0.29, 0.717) is 103 Å². The number of aliphatic hydroxyl groups excluding tert-OH is 1. The summed E-state index contributed by atoms with van der Waals surface area (Å²) in [6, 6.07) is 7.68. The Labute approximate surface area is 771 Å². The SMILES string of the molecule is CC(C)(C)CC(=O)C(O)C(=O)CC(C)(C)C.CC(C)(C)CC(=O)CC(=O)CC(C)(C)C.CC(C)(C)CC(=O)CCCNC(=O)CC(C)(C)C.CC(C)(C)CCOCCOC(C)(C)C.CC(C)(C)COCCOCCOCC(C)(C)C.CCN1CCN(CC(=O)O)CC1.CCc1ccc(CC(=O)O)cc1.CNC.CNC.COC.COC.COCOCCOCC=O. The van der Waals surface area contributed by atoms with E-state index in [9.17, 15) is 48.3 Å². The van der Waals surface area contributed by atoms with Gasteiger partial charge in [0, 0.05) is 120 Å². The van der Waals surface area contributed by atoms with Crippen molar-refractivity contribution in [3.8, 4) is 0 Å². The Kier molecular flexibility index (Phi) is 92.1. The maximum Gasteiger partial charge on any atom is 0.317 e. The number of nitrogens with one attached hydrogen (secondary N) is 3. The van der Waals surface area contributed by atoms with Crippen LogP contribution in [0.2, 0.25) is 0 Å². The van der Waals surface area contributed by atoms with Gasteiger partial charge in [-0.05, 0) is 135 Å². The molecule has 752 valence electrons. The molecule has 0 radical (unpaired) electrons. The molecule has 1 aliphatic rings. The highest BCUT2D eigenvalue weighted by molar-refractivity contribution is 6.05. The number of Topliss-reactive ketones (excluding diaryl/α,β-unsaturated/α-hetero) is 5. The van der Waals surface area contributed by atoms with Gasteiger partial charge in [-0.2, -0.15) is 0 Å². The van der Waals surface area contributed by atoms with Crippen LogP contribution in [0.3, 0.4) is 0 Å². The van der Waals surface area contributed by atoms with Crippen LogP contribution in [0.1, 0.15) is 297 Å². The van der Waals surface area contributed by atoms with Crippen LogP contribution in [0.5, 0.6) is 0 Å². The van der Waals surface area contributed by atoms with Gasteiger partial charge >= 0.3 is 11.9 Å². The number of ketones is 5. The summed E-state index contributed by atoms with van der Waals surface area (Å²) in [5.41, 5.74) is 2.55. The molecule has 2 rings (SSSR count). The fraction of sp³-hybridized carbons (Fsp3) is 0.848.